The standard InChI is InChI=1S/C21H17ClF4O2/c1-2-11-6-7-12(10-14(11)18-16(27)4-3-5-17(18)28)13-8-9-15(22)19(20(13)23)21(24,25)26/h6-10,27H,2-5H2,1H3. The van der Waals surface area contributed by atoms with Crippen molar-refractivity contribution in [1.82, 2.24) is 0 Å². The van der Waals surface area contributed by atoms with Crippen LogP contribution in [0.1, 0.15) is 42.9 Å². The maximum Gasteiger partial charge on any atom is 0.420 e. The van der Waals surface area contributed by atoms with Gasteiger partial charge in [0.2, 0.25) is 0 Å². The van der Waals surface area contributed by atoms with Gasteiger partial charge in [0.05, 0.1) is 10.6 Å². The van der Waals surface area contributed by atoms with Crippen molar-refractivity contribution in [2.45, 2.75) is 38.8 Å². The lowest BCUT2D eigenvalue weighted by molar-refractivity contribution is -0.139. The molecule has 0 amide bonds. The van der Waals surface area contributed by atoms with E-state index in [0.717, 1.165) is 11.6 Å². The predicted octanol–water partition coefficient (Wildman–Crippen LogP) is 6.75. The molecule has 0 aliphatic heterocycles. The largest absolute Gasteiger partial charge is 0.512 e. The molecule has 2 aromatic rings. The predicted molar refractivity (Wildman–Crippen MR) is 99.6 cm³/mol. The molecule has 0 spiro atoms. The van der Waals surface area contributed by atoms with E-state index in [4.69, 9.17) is 11.6 Å². The number of hydrogen-bond donors (Lipinski definition) is 1. The molecule has 0 radical (unpaired) electrons. The fraction of sp³-hybridized carbons (Fsp3) is 0.286. The summed E-state index contributed by atoms with van der Waals surface area (Å²) in [6, 6.07) is 6.77. The van der Waals surface area contributed by atoms with Crippen molar-refractivity contribution in [3.05, 3.63) is 63.6 Å². The molecule has 2 aromatic carbocycles. The molecule has 7 heteroatoms. The first kappa shape index (κ1) is 20.4. The van der Waals surface area contributed by atoms with Gasteiger partial charge < -0.3 is 5.11 Å². The molecule has 0 atom stereocenters. The summed E-state index contributed by atoms with van der Waals surface area (Å²) < 4.78 is 54.3. The molecule has 0 heterocycles. The van der Waals surface area contributed by atoms with Gasteiger partial charge in [-0.3, -0.25) is 4.79 Å². The number of aliphatic hydroxyl groups excluding tert-OH is 1. The van der Waals surface area contributed by atoms with Gasteiger partial charge in [-0.15, -0.1) is 0 Å². The summed E-state index contributed by atoms with van der Waals surface area (Å²) in [5.41, 5.74) is -0.301. The Hall–Kier alpha value is -2.34. The molecule has 1 N–H and O–H groups in total. The van der Waals surface area contributed by atoms with Crippen molar-refractivity contribution in [1.29, 1.82) is 0 Å². The fourth-order valence-electron chi connectivity index (χ4n) is 3.45. The third kappa shape index (κ3) is 3.65. The minimum Gasteiger partial charge on any atom is -0.512 e. The van der Waals surface area contributed by atoms with Crippen LogP contribution in [0.15, 0.2) is 36.1 Å². The number of halogens is 5. The van der Waals surface area contributed by atoms with Crippen LogP contribution in [0.3, 0.4) is 0 Å². The highest BCUT2D eigenvalue weighted by Gasteiger charge is 2.38. The first-order chi connectivity index (χ1) is 13.1. The molecule has 28 heavy (non-hydrogen) atoms. The van der Waals surface area contributed by atoms with Crippen LogP contribution in [0.4, 0.5) is 17.6 Å². The molecule has 0 unspecified atom stereocenters. The second-order valence-corrected chi connectivity index (χ2v) is 7.01. The second-order valence-electron chi connectivity index (χ2n) is 6.61. The zero-order chi connectivity index (χ0) is 20.6. The SMILES string of the molecule is CCc1ccc(-c2ccc(Cl)c(C(F)(F)F)c2F)cc1C1=C(O)CCCC1=O. The molecule has 0 bridgehead atoms. The van der Waals surface area contributed by atoms with Gasteiger partial charge in [0.1, 0.15) is 17.1 Å². The number of alkyl halides is 3. The molecular weight excluding hydrogens is 396 g/mol. The number of hydrogen-bond acceptors (Lipinski definition) is 2. The molecule has 0 fully saturated rings. The van der Waals surface area contributed by atoms with Crippen LogP contribution in [0.2, 0.25) is 5.02 Å². The lowest BCUT2D eigenvalue weighted by Gasteiger charge is -2.19. The summed E-state index contributed by atoms with van der Waals surface area (Å²) in [4.78, 5) is 12.4. The van der Waals surface area contributed by atoms with Gasteiger partial charge in [-0.2, -0.15) is 13.2 Å². The first-order valence-electron chi connectivity index (χ1n) is 8.79. The van der Waals surface area contributed by atoms with Crippen LogP contribution < -0.4 is 0 Å². The molecule has 1 aliphatic rings. The van der Waals surface area contributed by atoms with E-state index in [0.29, 0.717) is 24.8 Å². The molecule has 1 aliphatic carbocycles. The number of allylic oxidation sites excluding steroid dienone is 2. The molecule has 0 saturated carbocycles. The van der Waals surface area contributed by atoms with E-state index in [1.54, 1.807) is 6.07 Å². The lowest BCUT2D eigenvalue weighted by atomic mass is 9.86. The Morgan fingerprint density at radius 1 is 1.11 bits per heavy atom. The molecule has 0 saturated heterocycles. The molecule has 148 valence electrons. The van der Waals surface area contributed by atoms with Gasteiger partial charge in [0, 0.05) is 18.4 Å². The highest BCUT2D eigenvalue weighted by Crippen LogP contribution is 2.41. The molecule has 0 aromatic heterocycles. The second kappa shape index (κ2) is 7.59. The maximum absolute atomic E-state index is 14.7. The van der Waals surface area contributed by atoms with Crippen molar-refractivity contribution in [3.63, 3.8) is 0 Å². The van der Waals surface area contributed by atoms with Crippen LogP contribution in [0.25, 0.3) is 16.7 Å². The highest BCUT2D eigenvalue weighted by molar-refractivity contribution is 6.31. The third-order valence-corrected chi connectivity index (χ3v) is 5.15. The van der Waals surface area contributed by atoms with Crippen LogP contribution in [-0.2, 0) is 17.4 Å². The maximum atomic E-state index is 14.7. The van der Waals surface area contributed by atoms with E-state index >= 15 is 0 Å². The van der Waals surface area contributed by atoms with E-state index < -0.39 is 22.6 Å². The van der Waals surface area contributed by atoms with Gasteiger partial charge in [0.15, 0.2) is 5.78 Å². The summed E-state index contributed by atoms with van der Waals surface area (Å²) in [6.07, 6.45) is -3.24. The summed E-state index contributed by atoms with van der Waals surface area (Å²) in [5, 5.41) is 9.51. The first-order valence-corrected chi connectivity index (χ1v) is 9.17. The minimum absolute atomic E-state index is 0.0457. The van der Waals surface area contributed by atoms with Gasteiger partial charge in [-0.05, 0) is 47.7 Å². The average molecular weight is 413 g/mol. The van der Waals surface area contributed by atoms with Gasteiger partial charge >= 0.3 is 6.18 Å². The number of aryl methyl sites for hydroxylation is 1. The molecule has 2 nitrogen and oxygen atoms in total. The summed E-state index contributed by atoms with van der Waals surface area (Å²) in [6.45, 7) is 1.86. The summed E-state index contributed by atoms with van der Waals surface area (Å²) in [5.74, 6) is -1.75. The summed E-state index contributed by atoms with van der Waals surface area (Å²) >= 11 is 5.57. The van der Waals surface area contributed by atoms with Gasteiger partial charge in [-0.1, -0.05) is 30.7 Å². The smallest absolute Gasteiger partial charge is 0.420 e. The van der Waals surface area contributed by atoms with Crippen molar-refractivity contribution in [2.24, 2.45) is 0 Å². The molecule has 3 rings (SSSR count). The Kier molecular flexibility index (Phi) is 5.53. The Balaban J connectivity index is 2.23. The number of rotatable bonds is 3. The van der Waals surface area contributed by atoms with Crippen molar-refractivity contribution in [3.8, 4) is 11.1 Å². The Morgan fingerprint density at radius 3 is 2.43 bits per heavy atom. The van der Waals surface area contributed by atoms with E-state index in [1.807, 2.05) is 6.92 Å². The highest BCUT2D eigenvalue weighted by atomic mass is 35.5. The zero-order valence-corrected chi connectivity index (χ0v) is 15.7. The van der Waals surface area contributed by atoms with E-state index in [-0.39, 0.29) is 34.7 Å². The number of aliphatic hydroxyl groups is 1. The van der Waals surface area contributed by atoms with E-state index in [2.05, 4.69) is 0 Å². The number of benzene rings is 2. The van der Waals surface area contributed by atoms with Crippen LogP contribution in [-0.4, -0.2) is 10.9 Å². The Morgan fingerprint density at radius 2 is 1.82 bits per heavy atom. The van der Waals surface area contributed by atoms with Crippen molar-refractivity contribution < 1.29 is 27.5 Å². The number of carbonyl (C=O) groups is 1. The normalized spacial score (nSPS) is 15.3. The van der Waals surface area contributed by atoms with E-state index in [9.17, 15) is 27.5 Å². The number of carbonyl (C=O) groups excluding carboxylic acids is 1. The third-order valence-electron chi connectivity index (χ3n) is 4.83. The average Bonchev–Trinajstić information content (AvgIpc) is 2.60. The van der Waals surface area contributed by atoms with Crippen molar-refractivity contribution in [2.75, 3.05) is 0 Å². The van der Waals surface area contributed by atoms with E-state index in [1.165, 1.54) is 18.2 Å². The van der Waals surface area contributed by atoms with Gasteiger partial charge in [0.25, 0.3) is 0 Å². The minimum atomic E-state index is -4.94. The topological polar surface area (TPSA) is 37.3 Å². The quantitative estimate of drug-likeness (QED) is 0.566. The fourth-order valence-corrected chi connectivity index (χ4v) is 3.71. The lowest BCUT2D eigenvalue weighted by Crippen LogP contribution is -2.12. The van der Waals surface area contributed by atoms with Crippen LogP contribution >= 0.6 is 11.6 Å². The van der Waals surface area contributed by atoms with Gasteiger partial charge in [-0.25, -0.2) is 4.39 Å². The monoisotopic (exact) mass is 412 g/mol. The summed E-state index contributed by atoms with van der Waals surface area (Å²) in [7, 11) is 0. The van der Waals surface area contributed by atoms with Crippen LogP contribution in [0.5, 0.6) is 0 Å². The Labute approximate surface area is 164 Å². The Bertz CT molecular complexity index is 977. The van der Waals surface area contributed by atoms with Crippen LogP contribution in [0, 0.1) is 5.82 Å². The molecular formula is C21H17ClF4O2. The van der Waals surface area contributed by atoms with Crippen molar-refractivity contribution >= 4 is 23.0 Å². The number of ketones is 1. The number of Topliss-reactive ketones (excluding diaryl/α,β-unsaturated/α-hetero) is 1. The zero-order valence-electron chi connectivity index (χ0n) is 15.0.